The van der Waals surface area contributed by atoms with Crippen LogP contribution in [0.5, 0.6) is 0 Å². The van der Waals surface area contributed by atoms with Gasteiger partial charge >= 0.3 is 0 Å². The first-order valence-corrected chi connectivity index (χ1v) is 7.02. The molecule has 0 aromatic carbocycles. The Labute approximate surface area is 103 Å². The zero-order valence-electron chi connectivity index (χ0n) is 10.8. The number of hydrogen-bond acceptors (Lipinski definition) is 4. The largest absolute Gasteiger partial charge is 0.309 e. The molecule has 0 aliphatic heterocycles. The third-order valence-corrected chi connectivity index (χ3v) is 4.12. The Balaban J connectivity index is 2.71. The van der Waals surface area contributed by atoms with Crippen molar-refractivity contribution < 1.29 is 0 Å². The smallest absolute Gasteiger partial charge is 0.0772 e. The van der Waals surface area contributed by atoms with Crippen molar-refractivity contribution >= 4 is 11.5 Å². The Morgan fingerprint density at radius 2 is 1.94 bits per heavy atom. The highest BCUT2D eigenvalue weighted by Gasteiger charge is 2.19. The van der Waals surface area contributed by atoms with E-state index < -0.39 is 0 Å². The molecule has 0 radical (unpaired) electrons. The van der Waals surface area contributed by atoms with Crippen LogP contribution in [0.15, 0.2) is 0 Å². The van der Waals surface area contributed by atoms with Crippen molar-refractivity contribution in [1.82, 2.24) is 14.9 Å². The predicted molar refractivity (Wildman–Crippen MR) is 69.8 cm³/mol. The fraction of sp³-hybridized carbons (Fsp3) is 0.833. The van der Waals surface area contributed by atoms with Crippen LogP contribution in [-0.2, 0) is 0 Å². The monoisotopic (exact) mass is 241 g/mol. The zero-order chi connectivity index (χ0) is 12.0. The van der Waals surface area contributed by atoms with Crippen LogP contribution >= 0.6 is 11.5 Å². The minimum absolute atomic E-state index is 0.440. The first-order valence-electron chi connectivity index (χ1n) is 6.25. The normalized spacial score (nSPS) is 13.3. The lowest BCUT2D eigenvalue weighted by atomic mass is 9.93. The molecule has 0 saturated heterocycles. The maximum absolute atomic E-state index is 4.11. The lowest BCUT2D eigenvalue weighted by Crippen LogP contribution is -2.23. The molecule has 0 aliphatic carbocycles. The number of aryl methyl sites for hydroxylation is 1. The van der Waals surface area contributed by atoms with Crippen molar-refractivity contribution in [2.75, 3.05) is 6.54 Å². The summed E-state index contributed by atoms with van der Waals surface area (Å²) in [4.78, 5) is 1.31. The number of aromatic nitrogens is 2. The summed E-state index contributed by atoms with van der Waals surface area (Å²) < 4.78 is 4.04. The lowest BCUT2D eigenvalue weighted by molar-refractivity contribution is 0.378. The van der Waals surface area contributed by atoms with Crippen LogP contribution in [0.4, 0.5) is 0 Å². The molecule has 0 bridgehead atoms. The highest BCUT2D eigenvalue weighted by molar-refractivity contribution is 7.05. The van der Waals surface area contributed by atoms with E-state index in [1.54, 1.807) is 0 Å². The molecule has 1 aromatic rings. The quantitative estimate of drug-likeness (QED) is 0.795. The van der Waals surface area contributed by atoms with Crippen LogP contribution in [0.3, 0.4) is 0 Å². The molecular formula is C12H23N3S. The van der Waals surface area contributed by atoms with Gasteiger partial charge in [-0.1, -0.05) is 38.1 Å². The van der Waals surface area contributed by atoms with Crippen LogP contribution in [0.1, 0.15) is 56.6 Å². The van der Waals surface area contributed by atoms with E-state index in [1.165, 1.54) is 35.7 Å². The summed E-state index contributed by atoms with van der Waals surface area (Å²) in [5.74, 6) is 0.797. The standard InChI is InChI=1S/C12H23N3S/c1-5-10(6-2)8-11(13-7-3)12-9(4)14-15-16-12/h10-11,13H,5-8H2,1-4H3. The van der Waals surface area contributed by atoms with Gasteiger partial charge in [0.05, 0.1) is 10.6 Å². The molecule has 3 nitrogen and oxygen atoms in total. The molecule has 0 aliphatic rings. The summed E-state index contributed by atoms with van der Waals surface area (Å²) in [5.41, 5.74) is 1.09. The van der Waals surface area contributed by atoms with E-state index in [-0.39, 0.29) is 0 Å². The molecule has 0 fully saturated rings. The van der Waals surface area contributed by atoms with E-state index in [0.29, 0.717) is 6.04 Å². The third-order valence-electron chi connectivity index (χ3n) is 3.18. The Bertz CT molecular complexity index is 294. The maximum Gasteiger partial charge on any atom is 0.0772 e. The molecule has 16 heavy (non-hydrogen) atoms. The summed E-state index contributed by atoms with van der Waals surface area (Å²) >= 11 is 1.54. The molecule has 1 N–H and O–H groups in total. The molecule has 1 unspecified atom stereocenters. The number of rotatable bonds is 7. The van der Waals surface area contributed by atoms with Gasteiger partial charge in [0.15, 0.2) is 0 Å². The van der Waals surface area contributed by atoms with Crippen molar-refractivity contribution in [3.63, 3.8) is 0 Å². The van der Waals surface area contributed by atoms with Gasteiger partial charge in [0.1, 0.15) is 0 Å². The molecule has 1 heterocycles. The van der Waals surface area contributed by atoms with E-state index in [1.807, 2.05) is 0 Å². The van der Waals surface area contributed by atoms with E-state index >= 15 is 0 Å². The van der Waals surface area contributed by atoms with E-state index in [9.17, 15) is 0 Å². The van der Waals surface area contributed by atoms with E-state index in [4.69, 9.17) is 0 Å². The summed E-state index contributed by atoms with van der Waals surface area (Å²) in [5, 5.41) is 7.66. The second kappa shape index (κ2) is 6.97. The summed E-state index contributed by atoms with van der Waals surface area (Å²) in [6.45, 7) is 9.76. The number of nitrogens with zero attached hydrogens (tertiary/aromatic N) is 2. The first kappa shape index (κ1) is 13.6. The van der Waals surface area contributed by atoms with E-state index in [0.717, 1.165) is 18.2 Å². The van der Waals surface area contributed by atoms with Gasteiger partial charge < -0.3 is 5.32 Å². The maximum atomic E-state index is 4.11. The van der Waals surface area contributed by atoms with Gasteiger partial charge in [-0.2, -0.15) is 0 Å². The first-order chi connectivity index (χ1) is 7.72. The van der Waals surface area contributed by atoms with Gasteiger partial charge in [-0.25, -0.2) is 0 Å². The molecule has 0 saturated carbocycles. The summed E-state index contributed by atoms with van der Waals surface area (Å²) in [7, 11) is 0. The van der Waals surface area contributed by atoms with Crippen LogP contribution in [0.25, 0.3) is 0 Å². The zero-order valence-corrected chi connectivity index (χ0v) is 11.6. The molecule has 1 rings (SSSR count). The topological polar surface area (TPSA) is 37.8 Å². The van der Waals surface area contributed by atoms with Crippen molar-refractivity contribution in [3.8, 4) is 0 Å². The minimum Gasteiger partial charge on any atom is -0.309 e. The van der Waals surface area contributed by atoms with Gasteiger partial charge in [-0.05, 0) is 37.3 Å². The minimum atomic E-state index is 0.440. The highest BCUT2D eigenvalue weighted by atomic mass is 32.1. The molecule has 1 atom stereocenters. The van der Waals surface area contributed by atoms with Crippen molar-refractivity contribution in [3.05, 3.63) is 10.6 Å². The fourth-order valence-electron chi connectivity index (χ4n) is 2.04. The average Bonchev–Trinajstić information content (AvgIpc) is 2.71. The van der Waals surface area contributed by atoms with Crippen molar-refractivity contribution in [2.45, 2.75) is 53.0 Å². The van der Waals surface area contributed by atoms with Crippen molar-refractivity contribution in [1.29, 1.82) is 0 Å². The van der Waals surface area contributed by atoms with Gasteiger partial charge in [0.2, 0.25) is 0 Å². The predicted octanol–water partition coefficient (Wildman–Crippen LogP) is 3.32. The van der Waals surface area contributed by atoms with Crippen LogP contribution in [0, 0.1) is 12.8 Å². The lowest BCUT2D eigenvalue weighted by Gasteiger charge is -2.21. The van der Waals surface area contributed by atoms with Gasteiger partial charge in [-0.15, -0.1) is 5.10 Å². The second-order valence-electron chi connectivity index (χ2n) is 4.25. The Kier molecular flexibility index (Phi) is 5.91. The Hall–Kier alpha value is -0.480. The van der Waals surface area contributed by atoms with Gasteiger partial charge in [0.25, 0.3) is 0 Å². The average molecular weight is 241 g/mol. The van der Waals surface area contributed by atoms with Gasteiger partial charge in [-0.3, -0.25) is 0 Å². The Morgan fingerprint density at radius 1 is 1.25 bits per heavy atom. The van der Waals surface area contributed by atoms with E-state index in [2.05, 4.69) is 42.6 Å². The van der Waals surface area contributed by atoms with Crippen LogP contribution in [-0.4, -0.2) is 16.1 Å². The molecule has 1 aromatic heterocycles. The summed E-state index contributed by atoms with van der Waals surface area (Å²) in [6.07, 6.45) is 3.71. The second-order valence-corrected chi connectivity index (χ2v) is 5.04. The summed E-state index contributed by atoms with van der Waals surface area (Å²) in [6, 6.07) is 0.440. The van der Waals surface area contributed by atoms with Crippen molar-refractivity contribution in [2.24, 2.45) is 5.92 Å². The highest BCUT2D eigenvalue weighted by Crippen LogP contribution is 2.28. The van der Waals surface area contributed by atoms with Crippen LogP contribution in [0.2, 0.25) is 0 Å². The van der Waals surface area contributed by atoms with Crippen LogP contribution < -0.4 is 5.32 Å². The molecule has 0 spiro atoms. The number of nitrogens with one attached hydrogen (secondary N) is 1. The molecule has 0 amide bonds. The fourth-order valence-corrected chi connectivity index (χ4v) is 2.77. The Morgan fingerprint density at radius 3 is 2.38 bits per heavy atom. The molecule has 92 valence electrons. The molecular weight excluding hydrogens is 218 g/mol. The van der Waals surface area contributed by atoms with Gasteiger partial charge in [0, 0.05) is 6.04 Å². The number of hydrogen-bond donors (Lipinski definition) is 1. The molecule has 4 heteroatoms. The SMILES string of the molecule is CCNC(CC(CC)CC)c1snnc1C. The third kappa shape index (κ3) is 3.52.